The van der Waals surface area contributed by atoms with Crippen molar-refractivity contribution in [1.82, 2.24) is 15.0 Å². The van der Waals surface area contributed by atoms with Gasteiger partial charge in [0, 0.05) is 39.3 Å². The Balaban J connectivity index is 1.97. The number of carbonyl (C=O) groups excluding carboxylic acids is 2. The number of ether oxygens (including phenoxy) is 1. The van der Waals surface area contributed by atoms with Crippen LogP contribution in [-0.2, 0) is 4.79 Å². The van der Waals surface area contributed by atoms with E-state index in [4.69, 9.17) is 9.26 Å². The van der Waals surface area contributed by atoms with E-state index in [0.717, 1.165) is 6.42 Å². The van der Waals surface area contributed by atoms with Crippen LogP contribution >= 0.6 is 0 Å². The van der Waals surface area contributed by atoms with Gasteiger partial charge in [0.2, 0.25) is 5.91 Å². The minimum atomic E-state index is -0.519. The molecule has 2 aromatic rings. The number of rotatable bonds is 6. The SMILES string of the molecule is CCCN1CCN(C(=O)c2c(N(C)C)noc2-c2ccc(F)c(OC)c2)CC1=O. The normalized spacial score (nSPS) is 14.3. The summed E-state index contributed by atoms with van der Waals surface area (Å²) in [7, 11) is 4.85. The molecule has 0 bridgehead atoms. The highest BCUT2D eigenvalue weighted by molar-refractivity contribution is 6.05. The summed E-state index contributed by atoms with van der Waals surface area (Å²) < 4.78 is 24.3. The van der Waals surface area contributed by atoms with Gasteiger partial charge < -0.3 is 24.0 Å². The van der Waals surface area contributed by atoms with E-state index >= 15 is 0 Å². The van der Waals surface area contributed by atoms with Crippen LogP contribution < -0.4 is 9.64 Å². The first-order valence-corrected chi connectivity index (χ1v) is 9.45. The molecule has 2 heterocycles. The van der Waals surface area contributed by atoms with E-state index < -0.39 is 5.82 Å². The molecule has 0 radical (unpaired) electrons. The Labute approximate surface area is 168 Å². The molecule has 0 atom stereocenters. The smallest absolute Gasteiger partial charge is 0.262 e. The second-order valence-corrected chi connectivity index (χ2v) is 7.06. The number of hydrogen-bond acceptors (Lipinski definition) is 6. The van der Waals surface area contributed by atoms with E-state index in [9.17, 15) is 14.0 Å². The second-order valence-electron chi connectivity index (χ2n) is 7.06. The third-order valence-electron chi connectivity index (χ3n) is 4.82. The minimum absolute atomic E-state index is 0.00304. The Morgan fingerprint density at radius 2 is 2.10 bits per heavy atom. The lowest BCUT2D eigenvalue weighted by molar-refractivity contribution is -0.135. The highest BCUT2D eigenvalue weighted by Crippen LogP contribution is 2.34. The van der Waals surface area contributed by atoms with Gasteiger partial charge in [-0.2, -0.15) is 0 Å². The van der Waals surface area contributed by atoms with Crippen LogP contribution in [-0.4, -0.2) is 74.2 Å². The molecule has 1 aliphatic heterocycles. The number of methoxy groups -OCH3 is 1. The third-order valence-corrected chi connectivity index (χ3v) is 4.82. The fourth-order valence-corrected chi connectivity index (χ4v) is 3.32. The van der Waals surface area contributed by atoms with Gasteiger partial charge in [-0.1, -0.05) is 12.1 Å². The van der Waals surface area contributed by atoms with Crippen molar-refractivity contribution >= 4 is 17.6 Å². The highest BCUT2D eigenvalue weighted by Gasteiger charge is 2.33. The summed E-state index contributed by atoms with van der Waals surface area (Å²) in [6.45, 7) is 3.60. The van der Waals surface area contributed by atoms with Crippen molar-refractivity contribution in [1.29, 1.82) is 0 Å². The number of nitrogens with zero attached hydrogens (tertiary/aromatic N) is 4. The summed E-state index contributed by atoms with van der Waals surface area (Å²) in [5.41, 5.74) is 0.698. The van der Waals surface area contributed by atoms with Gasteiger partial charge in [-0.15, -0.1) is 0 Å². The van der Waals surface area contributed by atoms with E-state index in [2.05, 4.69) is 5.16 Å². The van der Waals surface area contributed by atoms with Crippen molar-refractivity contribution in [3.05, 3.63) is 29.6 Å². The molecule has 1 aromatic carbocycles. The summed E-state index contributed by atoms with van der Waals surface area (Å²) in [5.74, 6) is -0.365. The van der Waals surface area contributed by atoms with Gasteiger partial charge in [0.1, 0.15) is 12.1 Å². The third kappa shape index (κ3) is 4.03. The molecule has 0 aliphatic carbocycles. The Morgan fingerprint density at radius 1 is 1.34 bits per heavy atom. The van der Waals surface area contributed by atoms with Crippen molar-refractivity contribution < 1.29 is 23.2 Å². The average molecular weight is 404 g/mol. The zero-order valence-electron chi connectivity index (χ0n) is 17.1. The molecular formula is C20H25FN4O4. The molecule has 8 nitrogen and oxygen atoms in total. The van der Waals surface area contributed by atoms with Gasteiger partial charge in [-0.05, 0) is 24.6 Å². The minimum Gasteiger partial charge on any atom is -0.494 e. The largest absolute Gasteiger partial charge is 0.494 e. The van der Waals surface area contributed by atoms with Crippen LogP contribution in [0.15, 0.2) is 22.7 Å². The van der Waals surface area contributed by atoms with E-state index in [-0.39, 0.29) is 35.4 Å². The summed E-state index contributed by atoms with van der Waals surface area (Å²) in [6, 6.07) is 4.20. The van der Waals surface area contributed by atoms with Crippen LogP contribution in [0.2, 0.25) is 0 Å². The van der Waals surface area contributed by atoms with E-state index in [0.29, 0.717) is 31.0 Å². The number of piperazine rings is 1. The van der Waals surface area contributed by atoms with Crippen molar-refractivity contribution in [2.45, 2.75) is 13.3 Å². The average Bonchev–Trinajstić information content (AvgIpc) is 3.15. The lowest BCUT2D eigenvalue weighted by atomic mass is 10.1. The molecule has 0 spiro atoms. The fraction of sp³-hybridized carbons (Fsp3) is 0.450. The maximum Gasteiger partial charge on any atom is 0.262 e. The standard InChI is InChI=1S/C20H25FN4O4/c1-5-8-24-9-10-25(12-16(24)26)20(27)17-18(29-22-19(17)23(2)3)13-6-7-14(21)15(11-13)28-4/h6-7,11H,5,8-10,12H2,1-4H3. The van der Waals surface area contributed by atoms with E-state index in [1.807, 2.05) is 6.92 Å². The Morgan fingerprint density at radius 3 is 2.72 bits per heavy atom. The van der Waals surface area contributed by atoms with Crippen molar-refractivity contribution in [2.24, 2.45) is 0 Å². The predicted octanol–water partition coefficient (Wildman–Crippen LogP) is 2.25. The van der Waals surface area contributed by atoms with E-state index in [1.54, 1.807) is 23.9 Å². The molecule has 29 heavy (non-hydrogen) atoms. The van der Waals surface area contributed by atoms with Crippen LogP contribution in [0.1, 0.15) is 23.7 Å². The number of halogens is 1. The van der Waals surface area contributed by atoms with Crippen molar-refractivity contribution in [3.63, 3.8) is 0 Å². The first kappa shape index (κ1) is 20.6. The van der Waals surface area contributed by atoms with Gasteiger partial charge in [-0.25, -0.2) is 4.39 Å². The monoisotopic (exact) mass is 404 g/mol. The van der Waals surface area contributed by atoms with E-state index in [1.165, 1.54) is 30.2 Å². The van der Waals surface area contributed by atoms with Crippen LogP contribution in [0.5, 0.6) is 5.75 Å². The number of hydrogen-bond donors (Lipinski definition) is 0. The van der Waals surface area contributed by atoms with Crippen LogP contribution in [0.25, 0.3) is 11.3 Å². The van der Waals surface area contributed by atoms with Gasteiger partial charge in [0.15, 0.2) is 23.1 Å². The molecule has 0 unspecified atom stereocenters. The Bertz CT molecular complexity index is 912. The molecule has 1 aromatic heterocycles. The van der Waals surface area contributed by atoms with Crippen LogP contribution in [0.3, 0.4) is 0 Å². The fourth-order valence-electron chi connectivity index (χ4n) is 3.32. The molecule has 1 aliphatic rings. The molecule has 3 rings (SSSR count). The van der Waals surface area contributed by atoms with Gasteiger partial charge in [0.05, 0.1) is 7.11 Å². The van der Waals surface area contributed by atoms with Crippen LogP contribution in [0, 0.1) is 5.82 Å². The number of amides is 2. The first-order valence-electron chi connectivity index (χ1n) is 9.45. The van der Waals surface area contributed by atoms with Gasteiger partial charge in [0.25, 0.3) is 5.91 Å². The lowest BCUT2D eigenvalue weighted by Crippen LogP contribution is -2.52. The van der Waals surface area contributed by atoms with Gasteiger partial charge in [-0.3, -0.25) is 9.59 Å². The topological polar surface area (TPSA) is 79.1 Å². The molecular weight excluding hydrogens is 379 g/mol. The first-order chi connectivity index (χ1) is 13.9. The molecule has 0 N–H and O–H groups in total. The second kappa shape index (κ2) is 8.50. The Kier molecular flexibility index (Phi) is 6.05. The number of carbonyl (C=O) groups is 2. The highest BCUT2D eigenvalue weighted by atomic mass is 19.1. The molecule has 1 saturated heterocycles. The quantitative estimate of drug-likeness (QED) is 0.735. The zero-order valence-corrected chi connectivity index (χ0v) is 17.1. The number of anilines is 1. The zero-order chi connectivity index (χ0) is 21.1. The Hall–Kier alpha value is -3.10. The van der Waals surface area contributed by atoms with Crippen LogP contribution in [0.4, 0.5) is 10.2 Å². The number of aromatic nitrogens is 1. The summed E-state index contributed by atoms with van der Waals surface area (Å²) in [6.07, 6.45) is 0.868. The van der Waals surface area contributed by atoms with Gasteiger partial charge >= 0.3 is 0 Å². The predicted molar refractivity (Wildman–Crippen MR) is 106 cm³/mol. The van der Waals surface area contributed by atoms with Crippen molar-refractivity contribution in [2.75, 3.05) is 52.3 Å². The molecule has 1 fully saturated rings. The van der Waals surface area contributed by atoms with Crippen molar-refractivity contribution in [3.8, 4) is 17.1 Å². The molecule has 156 valence electrons. The maximum atomic E-state index is 13.8. The summed E-state index contributed by atoms with van der Waals surface area (Å²) in [4.78, 5) is 30.6. The molecule has 2 amide bonds. The lowest BCUT2D eigenvalue weighted by Gasteiger charge is -2.34. The summed E-state index contributed by atoms with van der Waals surface area (Å²) in [5, 5.41) is 4.02. The summed E-state index contributed by atoms with van der Waals surface area (Å²) >= 11 is 0. The number of benzene rings is 1. The molecule has 9 heteroatoms. The maximum absolute atomic E-state index is 13.8. The molecule has 0 saturated carbocycles.